The van der Waals surface area contributed by atoms with Crippen LogP contribution in [0.25, 0.3) is 0 Å². The Morgan fingerprint density at radius 2 is 1.71 bits per heavy atom. The topological polar surface area (TPSA) is 132 Å². The molecule has 3 N–H and O–H groups in total. The number of amides is 2. The number of nitro groups is 1. The van der Waals surface area contributed by atoms with Gasteiger partial charge in [0, 0.05) is 42.1 Å². The van der Waals surface area contributed by atoms with Gasteiger partial charge in [-0.05, 0) is 24.3 Å². The summed E-state index contributed by atoms with van der Waals surface area (Å²) in [5.41, 5.74) is 0.255. The summed E-state index contributed by atoms with van der Waals surface area (Å²) >= 11 is 0. The van der Waals surface area contributed by atoms with Gasteiger partial charge in [0.2, 0.25) is 5.91 Å². The maximum atomic E-state index is 13.1. The van der Waals surface area contributed by atoms with Crippen molar-refractivity contribution in [2.24, 2.45) is 11.8 Å². The maximum absolute atomic E-state index is 13.1. The van der Waals surface area contributed by atoms with Crippen molar-refractivity contribution in [3.8, 4) is 11.5 Å². The highest BCUT2D eigenvalue weighted by Crippen LogP contribution is 2.30. The van der Waals surface area contributed by atoms with E-state index >= 15 is 0 Å². The van der Waals surface area contributed by atoms with Gasteiger partial charge in [-0.15, -0.1) is 0 Å². The molecule has 1 aliphatic carbocycles. The molecule has 0 radical (unpaired) electrons. The smallest absolute Gasteiger partial charge is 0.270 e. The van der Waals surface area contributed by atoms with E-state index in [0.29, 0.717) is 29.0 Å². The van der Waals surface area contributed by atoms with Crippen LogP contribution in [0.5, 0.6) is 11.5 Å². The number of hydrogen-bond acceptors (Lipinski definition) is 7. The van der Waals surface area contributed by atoms with Crippen LogP contribution in [0.3, 0.4) is 0 Å². The summed E-state index contributed by atoms with van der Waals surface area (Å²) in [5, 5.41) is 20.0. The van der Waals surface area contributed by atoms with Crippen molar-refractivity contribution in [1.29, 1.82) is 0 Å². The summed E-state index contributed by atoms with van der Waals surface area (Å²) in [6.07, 6.45) is 3.31. The van der Waals surface area contributed by atoms with Gasteiger partial charge in [0.25, 0.3) is 11.6 Å². The standard InChI is InChI=1S/C25H32N4O6/c1-15-6-5-7-22(16(15)2)26-14-24(30)28-23-9-8-18(29(32)33)12-21(23)25(31)27-17-10-19(34-3)13-20(11-17)35-4/h8-13,15-16,22,26H,5-7,14H2,1-4H3,(H,27,31)(H,28,30). The van der Waals surface area contributed by atoms with E-state index in [2.05, 4.69) is 29.8 Å². The molecule has 3 atom stereocenters. The lowest BCUT2D eigenvalue weighted by atomic mass is 9.78. The van der Waals surface area contributed by atoms with Crippen LogP contribution in [0.1, 0.15) is 43.5 Å². The molecule has 10 heteroatoms. The first kappa shape index (κ1) is 26.0. The van der Waals surface area contributed by atoms with Crippen LogP contribution in [0, 0.1) is 22.0 Å². The van der Waals surface area contributed by atoms with Crippen molar-refractivity contribution in [2.75, 3.05) is 31.4 Å². The highest BCUT2D eigenvalue weighted by atomic mass is 16.6. The summed E-state index contributed by atoms with van der Waals surface area (Å²) in [5.74, 6) is 1.01. The molecule has 0 heterocycles. The monoisotopic (exact) mass is 484 g/mol. The van der Waals surface area contributed by atoms with E-state index in [9.17, 15) is 19.7 Å². The van der Waals surface area contributed by atoms with Gasteiger partial charge in [-0.25, -0.2) is 0 Å². The number of non-ortho nitro benzene ring substituents is 1. The van der Waals surface area contributed by atoms with E-state index in [0.717, 1.165) is 18.9 Å². The first-order chi connectivity index (χ1) is 16.7. The van der Waals surface area contributed by atoms with Gasteiger partial charge in [-0.2, -0.15) is 0 Å². The van der Waals surface area contributed by atoms with Gasteiger partial charge in [-0.3, -0.25) is 19.7 Å². The van der Waals surface area contributed by atoms with Crippen LogP contribution in [0.15, 0.2) is 36.4 Å². The van der Waals surface area contributed by atoms with E-state index in [1.165, 1.54) is 32.8 Å². The number of nitrogens with one attached hydrogen (secondary N) is 3. The number of carbonyl (C=O) groups excluding carboxylic acids is 2. The SMILES string of the molecule is COc1cc(NC(=O)c2cc([N+](=O)[O-])ccc2NC(=O)CNC2CCCC(C)C2C)cc(OC)c1. The van der Waals surface area contributed by atoms with Gasteiger partial charge in [-0.1, -0.05) is 26.7 Å². The molecule has 10 nitrogen and oxygen atoms in total. The average molecular weight is 485 g/mol. The first-order valence-corrected chi connectivity index (χ1v) is 11.6. The van der Waals surface area contributed by atoms with Crippen LogP contribution in [-0.2, 0) is 4.79 Å². The zero-order valence-corrected chi connectivity index (χ0v) is 20.4. The molecule has 0 aromatic heterocycles. The number of anilines is 2. The fourth-order valence-electron chi connectivity index (χ4n) is 4.31. The molecule has 1 saturated carbocycles. The predicted molar refractivity (Wildman–Crippen MR) is 133 cm³/mol. The Morgan fingerprint density at radius 1 is 1.03 bits per heavy atom. The molecular formula is C25H32N4O6. The predicted octanol–water partition coefficient (Wildman–Crippen LogP) is 4.22. The van der Waals surface area contributed by atoms with Crippen LogP contribution in [0.4, 0.5) is 17.1 Å². The second kappa shape index (κ2) is 11.7. The molecule has 1 aliphatic rings. The van der Waals surface area contributed by atoms with Crippen LogP contribution < -0.4 is 25.4 Å². The van der Waals surface area contributed by atoms with E-state index in [1.54, 1.807) is 18.2 Å². The second-order valence-electron chi connectivity index (χ2n) is 8.85. The lowest BCUT2D eigenvalue weighted by molar-refractivity contribution is -0.384. The summed E-state index contributed by atoms with van der Waals surface area (Å²) in [4.78, 5) is 36.5. The molecule has 188 valence electrons. The molecule has 2 aromatic carbocycles. The number of nitro benzene ring substituents is 1. The highest BCUT2D eigenvalue weighted by Gasteiger charge is 2.27. The van der Waals surface area contributed by atoms with Crippen molar-refractivity contribution < 1.29 is 24.0 Å². The van der Waals surface area contributed by atoms with Crippen LogP contribution in [0.2, 0.25) is 0 Å². The Kier molecular flexibility index (Phi) is 8.64. The Hall–Kier alpha value is -3.66. The normalized spacial score (nSPS) is 19.5. The van der Waals surface area contributed by atoms with Crippen LogP contribution in [-0.4, -0.2) is 43.5 Å². The fourth-order valence-corrected chi connectivity index (χ4v) is 4.31. The highest BCUT2D eigenvalue weighted by molar-refractivity contribution is 6.10. The Balaban J connectivity index is 1.77. The molecule has 0 aliphatic heterocycles. The number of benzene rings is 2. The van der Waals surface area contributed by atoms with E-state index < -0.39 is 10.8 Å². The lowest BCUT2D eigenvalue weighted by Crippen LogP contribution is -2.43. The quantitative estimate of drug-likeness (QED) is 0.359. The Morgan fingerprint density at radius 3 is 2.34 bits per heavy atom. The summed E-state index contributed by atoms with van der Waals surface area (Å²) in [7, 11) is 2.97. The molecule has 0 bridgehead atoms. The van der Waals surface area contributed by atoms with Gasteiger partial charge in [0.1, 0.15) is 11.5 Å². The number of nitrogens with zero attached hydrogens (tertiary/aromatic N) is 1. The van der Waals surface area contributed by atoms with Gasteiger partial charge in [0.15, 0.2) is 0 Å². The molecule has 3 unspecified atom stereocenters. The Bertz CT molecular complexity index is 1070. The van der Waals surface area contributed by atoms with E-state index in [1.807, 2.05) is 0 Å². The van der Waals surface area contributed by atoms with Crippen molar-refractivity contribution in [3.63, 3.8) is 0 Å². The molecule has 2 aromatic rings. The van der Waals surface area contributed by atoms with Gasteiger partial charge in [0.05, 0.1) is 36.9 Å². The largest absolute Gasteiger partial charge is 0.497 e. The first-order valence-electron chi connectivity index (χ1n) is 11.6. The zero-order valence-electron chi connectivity index (χ0n) is 20.4. The van der Waals surface area contributed by atoms with Crippen molar-refractivity contribution in [2.45, 2.75) is 39.2 Å². The van der Waals surface area contributed by atoms with Crippen molar-refractivity contribution in [3.05, 3.63) is 52.1 Å². The minimum Gasteiger partial charge on any atom is -0.497 e. The lowest BCUT2D eigenvalue weighted by Gasteiger charge is -2.34. The molecule has 0 spiro atoms. The minimum absolute atomic E-state index is 0.0333. The third kappa shape index (κ3) is 6.69. The fraction of sp³-hybridized carbons (Fsp3) is 0.440. The summed E-state index contributed by atoms with van der Waals surface area (Å²) in [6.45, 7) is 4.48. The number of methoxy groups -OCH3 is 2. The van der Waals surface area contributed by atoms with Crippen LogP contribution >= 0.6 is 0 Å². The third-order valence-corrected chi connectivity index (χ3v) is 6.57. The number of ether oxygens (including phenoxy) is 2. The minimum atomic E-state index is -0.623. The Labute approximate surface area is 204 Å². The zero-order chi connectivity index (χ0) is 25.5. The number of rotatable bonds is 9. The molecule has 3 rings (SSSR count). The van der Waals surface area contributed by atoms with Crippen molar-refractivity contribution >= 4 is 28.9 Å². The summed E-state index contributed by atoms with van der Waals surface area (Å²) < 4.78 is 10.4. The second-order valence-corrected chi connectivity index (χ2v) is 8.85. The van der Waals surface area contributed by atoms with Crippen molar-refractivity contribution in [1.82, 2.24) is 5.32 Å². The maximum Gasteiger partial charge on any atom is 0.270 e. The van der Waals surface area contributed by atoms with E-state index in [4.69, 9.17) is 9.47 Å². The van der Waals surface area contributed by atoms with Gasteiger partial charge < -0.3 is 25.4 Å². The van der Waals surface area contributed by atoms with E-state index in [-0.39, 0.29) is 35.4 Å². The molecule has 2 amide bonds. The van der Waals surface area contributed by atoms with Gasteiger partial charge >= 0.3 is 0 Å². The molecule has 0 saturated heterocycles. The third-order valence-electron chi connectivity index (χ3n) is 6.57. The molecule has 1 fully saturated rings. The molecular weight excluding hydrogens is 452 g/mol. The summed E-state index contributed by atoms with van der Waals surface area (Å²) in [6, 6.07) is 8.82. The number of hydrogen-bond donors (Lipinski definition) is 3. The average Bonchev–Trinajstić information content (AvgIpc) is 2.84. The number of carbonyl (C=O) groups is 2. The molecule has 35 heavy (non-hydrogen) atoms.